The minimum absolute atomic E-state index is 0.181. The van der Waals surface area contributed by atoms with Gasteiger partial charge in [0.25, 0.3) is 0 Å². The minimum Gasteiger partial charge on any atom is -0.381 e. The summed E-state index contributed by atoms with van der Waals surface area (Å²) in [5.74, 6) is 1.03. The molecule has 4 nitrogen and oxygen atoms in total. The molecule has 0 spiro atoms. The minimum atomic E-state index is 0.181. The molecule has 1 fully saturated rings. The first kappa shape index (κ1) is 19.8. The average molecular weight is 392 g/mol. The number of hydrogen-bond acceptors (Lipinski definition) is 3. The fourth-order valence-electron chi connectivity index (χ4n) is 4.39. The first-order chi connectivity index (χ1) is 14.2. The summed E-state index contributed by atoms with van der Waals surface area (Å²) in [6, 6.07) is 14.3. The summed E-state index contributed by atoms with van der Waals surface area (Å²) < 4.78 is 5.39. The highest BCUT2D eigenvalue weighted by Crippen LogP contribution is 2.33. The lowest BCUT2D eigenvalue weighted by Crippen LogP contribution is -2.27. The summed E-state index contributed by atoms with van der Waals surface area (Å²) in [4.78, 5) is 26.5. The molecule has 0 unspecified atom stereocenters. The van der Waals surface area contributed by atoms with Crippen molar-refractivity contribution < 1.29 is 14.3 Å². The van der Waals surface area contributed by atoms with Crippen LogP contribution < -0.4 is 4.90 Å². The van der Waals surface area contributed by atoms with Crippen LogP contribution in [0.1, 0.15) is 54.9 Å². The van der Waals surface area contributed by atoms with Gasteiger partial charge in [0.15, 0.2) is 5.78 Å². The van der Waals surface area contributed by atoms with Crippen LogP contribution >= 0.6 is 0 Å². The van der Waals surface area contributed by atoms with Crippen molar-refractivity contribution in [3.05, 3.63) is 53.6 Å². The Bertz CT molecular complexity index is 881. The molecule has 0 radical (unpaired) electrons. The van der Waals surface area contributed by atoms with E-state index in [1.807, 2.05) is 36.1 Å². The molecule has 0 aromatic heterocycles. The molecule has 29 heavy (non-hydrogen) atoms. The molecule has 2 aromatic carbocycles. The van der Waals surface area contributed by atoms with Crippen molar-refractivity contribution in [3.63, 3.8) is 0 Å². The van der Waals surface area contributed by atoms with E-state index in [4.69, 9.17) is 4.74 Å². The van der Waals surface area contributed by atoms with Gasteiger partial charge in [-0.1, -0.05) is 37.3 Å². The molecule has 2 heterocycles. The fourth-order valence-corrected chi connectivity index (χ4v) is 4.39. The third-order valence-corrected chi connectivity index (χ3v) is 6.24. The second-order valence-electron chi connectivity index (χ2n) is 8.09. The van der Waals surface area contributed by atoms with Gasteiger partial charge in [-0.3, -0.25) is 9.59 Å². The fraction of sp³-hybridized carbons (Fsp3) is 0.440. The largest absolute Gasteiger partial charge is 0.381 e. The number of ketones is 1. The maximum Gasteiger partial charge on any atom is 0.226 e. The highest BCUT2D eigenvalue weighted by Gasteiger charge is 2.23. The molecule has 0 N–H and O–H groups in total. The van der Waals surface area contributed by atoms with Crippen molar-refractivity contribution >= 4 is 17.4 Å². The van der Waals surface area contributed by atoms with Crippen LogP contribution in [0.5, 0.6) is 0 Å². The van der Waals surface area contributed by atoms with Crippen LogP contribution in [0, 0.1) is 5.92 Å². The number of rotatable bonds is 6. The predicted molar refractivity (Wildman–Crippen MR) is 115 cm³/mol. The molecule has 152 valence electrons. The van der Waals surface area contributed by atoms with Crippen LogP contribution in [0.3, 0.4) is 0 Å². The maximum absolute atomic E-state index is 12.5. The summed E-state index contributed by atoms with van der Waals surface area (Å²) >= 11 is 0. The number of amides is 1. The molecule has 0 bridgehead atoms. The number of hydrogen-bond donors (Lipinski definition) is 0. The SMILES string of the molecule is CCC(=O)N1CCc2cc(-c3ccc(C(=O)CCC4CCOCC4)cc3)ccc21. The Kier molecular flexibility index (Phi) is 6.10. The highest BCUT2D eigenvalue weighted by molar-refractivity contribution is 5.97. The second-order valence-corrected chi connectivity index (χ2v) is 8.09. The molecular weight excluding hydrogens is 362 g/mol. The summed E-state index contributed by atoms with van der Waals surface area (Å²) in [6.45, 7) is 4.34. The van der Waals surface area contributed by atoms with Crippen LogP contribution in [0.15, 0.2) is 42.5 Å². The zero-order valence-corrected chi connectivity index (χ0v) is 17.2. The van der Waals surface area contributed by atoms with E-state index in [1.165, 1.54) is 5.56 Å². The molecule has 4 rings (SSSR count). The Hall–Kier alpha value is -2.46. The molecule has 0 saturated carbocycles. The smallest absolute Gasteiger partial charge is 0.226 e. The van der Waals surface area contributed by atoms with Gasteiger partial charge < -0.3 is 9.64 Å². The third-order valence-electron chi connectivity index (χ3n) is 6.24. The molecule has 1 amide bonds. The van der Waals surface area contributed by atoms with Gasteiger partial charge in [-0.25, -0.2) is 0 Å². The number of benzene rings is 2. The van der Waals surface area contributed by atoms with Crippen molar-refractivity contribution in [1.82, 2.24) is 0 Å². The van der Waals surface area contributed by atoms with E-state index in [1.54, 1.807) is 0 Å². The Morgan fingerprint density at radius 3 is 2.48 bits per heavy atom. The average Bonchev–Trinajstić information content (AvgIpc) is 3.21. The Morgan fingerprint density at radius 1 is 1.03 bits per heavy atom. The molecular formula is C25H29NO3. The first-order valence-electron chi connectivity index (χ1n) is 10.8. The number of anilines is 1. The Labute approximate surface area is 172 Å². The van der Waals surface area contributed by atoms with Crippen molar-refractivity contribution in [1.29, 1.82) is 0 Å². The third kappa shape index (κ3) is 4.43. The summed E-state index contributed by atoms with van der Waals surface area (Å²) in [6.07, 6.45) is 5.16. The molecule has 0 aliphatic carbocycles. The number of carbonyl (C=O) groups excluding carboxylic acids is 2. The van der Waals surface area contributed by atoms with E-state index in [0.717, 1.165) is 67.8 Å². The number of Topliss-reactive ketones (excluding diaryl/α,β-unsaturated/α-hetero) is 1. The molecule has 1 saturated heterocycles. The quantitative estimate of drug-likeness (QED) is 0.648. The van der Waals surface area contributed by atoms with Crippen LogP contribution in [0.4, 0.5) is 5.69 Å². The summed E-state index contributed by atoms with van der Waals surface area (Å²) in [5.41, 5.74) is 5.30. The van der Waals surface area contributed by atoms with Crippen molar-refractivity contribution in [3.8, 4) is 11.1 Å². The van der Waals surface area contributed by atoms with E-state index < -0.39 is 0 Å². The zero-order valence-electron chi connectivity index (χ0n) is 17.2. The molecule has 2 aromatic rings. The van der Waals surface area contributed by atoms with Gasteiger partial charge in [0.05, 0.1) is 0 Å². The standard InChI is InChI=1S/C25H29NO3/c1-2-25(28)26-14-11-22-17-21(8-9-23(22)26)19-4-6-20(7-5-19)24(27)10-3-18-12-15-29-16-13-18/h4-9,17-18H,2-3,10-16H2,1H3. The van der Waals surface area contributed by atoms with Crippen LogP contribution in [0.25, 0.3) is 11.1 Å². The van der Waals surface area contributed by atoms with Crippen LogP contribution in [0.2, 0.25) is 0 Å². The van der Waals surface area contributed by atoms with E-state index in [9.17, 15) is 9.59 Å². The molecule has 2 aliphatic rings. The summed E-state index contributed by atoms with van der Waals surface area (Å²) in [7, 11) is 0. The van der Waals surface area contributed by atoms with Gasteiger partial charge in [0.1, 0.15) is 0 Å². The Morgan fingerprint density at radius 2 is 1.76 bits per heavy atom. The van der Waals surface area contributed by atoms with Gasteiger partial charge >= 0.3 is 0 Å². The van der Waals surface area contributed by atoms with E-state index in [-0.39, 0.29) is 11.7 Å². The highest BCUT2D eigenvalue weighted by atomic mass is 16.5. The number of ether oxygens (including phenoxy) is 1. The lowest BCUT2D eigenvalue weighted by atomic mass is 9.92. The van der Waals surface area contributed by atoms with Gasteiger partial charge in [0.2, 0.25) is 5.91 Å². The first-order valence-corrected chi connectivity index (χ1v) is 10.8. The predicted octanol–water partition coefficient (Wildman–Crippen LogP) is 5.04. The zero-order chi connectivity index (χ0) is 20.2. The second kappa shape index (κ2) is 8.91. The van der Waals surface area contributed by atoms with Gasteiger partial charge in [-0.15, -0.1) is 0 Å². The molecule has 2 aliphatic heterocycles. The Balaban J connectivity index is 1.41. The van der Waals surface area contributed by atoms with Gasteiger partial charge in [-0.2, -0.15) is 0 Å². The number of fused-ring (bicyclic) bond motifs is 1. The lowest BCUT2D eigenvalue weighted by molar-refractivity contribution is -0.118. The van der Waals surface area contributed by atoms with E-state index in [2.05, 4.69) is 18.2 Å². The monoisotopic (exact) mass is 391 g/mol. The lowest BCUT2D eigenvalue weighted by Gasteiger charge is -2.21. The normalized spacial score (nSPS) is 16.7. The topological polar surface area (TPSA) is 46.6 Å². The van der Waals surface area contributed by atoms with Crippen molar-refractivity contribution in [2.24, 2.45) is 5.92 Å². The number of nitrogens with zero attached hydrogens (tertiary/aromatic N) is 1. The molecule has 4 heteroatoms. The van der Waals surface area contributed by atoms with Gasteiger partial charge in [0, 0.05) is 43.9 Å². The van der Waals surface area contributed by atoms with Crippen LogP contribution in [-0.4, -0.2) is 31.4 Å². The van der Waals surface area contributed by atoms with Crippen LogP contribution in [-0.2, 0) is 16.0 Å². The van der Waals surface area contributed by atoms with Gasteiger partial charge in [-0.05, 0) is 60.4 Å². The van der Waals surface area contributed by atoms with E-state index >= 15 is 0 Å². The molecule has 0 atom stereocenters. The van der Waals surface area contributed by atoms with E-state index in [0.29, 0.717) is 18.8 Å². The maximum atomic E-state index is 12.5. The van der Waals surface area contributed by atoms with Crippen molar-refractivity contribution in [2.45, 2.75) is 45.4 Å². The van der Waals surface area contributed by atoms with Crippen molar-refractivity contribution in [2.75, 3.05) is 24.7 Å². The summed E-state index contributed by atoms with van der Waals surface area (Å²) in [5, 5.41) is 0. The number of carbonyl (C=O) groups is 2.